The average Bonchev–Trinajstić information content (AvgIpc) is 3.24. The number of rotatable bonds is 5. The van der Waals surface area contributed by atoms with E-state index in [-0.39, 0.29) is 0 Å². The van der Waals surface area contributed by atoms with E-state index in [1.165, 1.54) is 5.56 Å². The van der Waals surface area contributed by atoms with Crippen molar-refractivity contribution in [3.63, 3.8) is 0 Å². The molecule has 0 bridgehead atoms. The lowest BCUT2D eigenvalue weighted by molar-refractivity contribution is 0.470. The summed E-state index contributed by atoms with van der Waals surface area (Å²) in [6, 6.07) is 0. The minimum atomic E-state index is 0.401. The molecule has 0 saturated heterocycles. The third kappa shape index (κ3) is 3.67. The molecule has 3 rings (SSSR count). The van der Waals surface area contributed by atoms with Gasteiger partial charge in [-0.3, -0.25) is 9.67 Å². The van der Waals surface area contributed by atoms with Gasteiger partial charge in [0.25, 0.3) is 0 Å². The molecule has 1 N–H and O–H groups in total. The maximum Gasteiger partial charge on any atom is 0.194 e. The van der Waals surface area contributed by atoms with Crippen LogP contribution in [0.15, 0.2) is 11.2 Å². The molecule has 0 atom stereocenters. The first-order valence-electron chi connectivity index (χ1n) is 8.84. The Labute approximate surface area is 149 Å². The molecule has 0 aromatic carbocycles. The zero-order valence-electron chi connectivity index (χ0n) is 15.8. The Kier molecular flexibility index (Phi) is 5.06. The van der Waals surface area contributed by atoms with Crippen molar-refractivity contribution >= 4 is 5.96 Å². The van der Waals surface area contributed by atoms with Crippen LogP contribution in [-0.2, 0) is 33.1 Å². The van der Waals surface area contributed by atoms with Crippen LogP contribution < -0.4 is 5.32 Å². The summed E-state index contributed by atoms with van der Waals surface area (Å²) in [7, 11) is 5.81. The molecule has 1 aliphatic heterocycles. The molecule has 0 spiro atoms. The Morgan fingerprint density at radius 2 is 2.20 bits per heavy atom. The predicted octanol–water partition coefficient (Wildman–Crippen LogP) is 1.29. The number of aromatic nitrogens is 5. The quantitative estimate of drug-likeness (QED) is 0.653. The second-order valence-corrected chi connectivity index (χ2v) is 6.91. The fraction of sp³-hybridized carbons (Fsp3) is 0.647. The molecular formula is C17H28N8. The molecule has 2 aromatic rings. The van der Waals surface area contributed by atoms with Crippen LogP contribution in [0.4, 0.5) is 0 Å². The Morgan fingerprint density at radius 3 is 2.92 bits per heavy atom. The minimum absolute atomic E-state index is 0.401. The lowest BCUT2D eigenvalue weighted by atomic mass is 10.1. The summed E-state index contributed by atoms with van der Waals surface area (Å²) in [5.41, 5.74) is 2.37. The van der Waals surface area contributed by atoms with Gasteiger partial charge >= 0.3 is 0 Å². The summed E-state index contributed by atoms with van der Waals surface area (Å²) in [5, 5.41) is 16.5. The monoisotopic (exact) mass is 344 g/mol. The van der Waals surface area contributed by atoms with Crippen LogP contribution in [0.2, 0.25) is 0 Å². The smallest absolute Gasteiger partial charge is 0.194 e. The summed E-state index contributed by atoms with van der Waals surface area (Å²) < 4.78 is 4.09. The molecule has 8 heteroatoms. The maximum atomic E-state index is 4.58. The van der Waals surface area contributed by atoms with E-state index in [1.807, 2.05) is 18.8 Å². The van der Waals surface area contributed by atoms with Gasteiger partial charge in [-0.25, -0.2) is 0 Å². The van der Waals surface area contributed by atoms with Gasteiger partial charge in [0.15, 0.2) is 11.8 Å². The second-order valence-electron chi connectivity index (χ2n) is 6.91. The molecule has 0 unspecified atom stereocenters. The summed E-state index contributed by atoms with van der Waals surface area (Å²) >= 11 is 0. The van der Waals surface area contributed by atoms with Crippen LogP contribution in [0, 0.1) is 0 Å². The van der Waals surface area contributed by atoms with Gasteiger partial charge in [0, 0.05) is 52.4 Å². The maximum absolute atomic E-state index is 4.58. The fourth-order valence-electron chi connectivity index (χ4n) is 3.38. The van der Waals surface area contributed by atoms with E-state index >= 15 is 0 Å². The first-order chi connectivity index (χ1) is 12.0. The van der Waals surface area contributed by atoms with Crippen molar-refractivity contribution in [2.24, 2.45) is 12.0 Å². The predicted molar refractivity (Wildman–Crippen MR) is 97.3 cm³/mol. The molecule has 0 fully saturated rings. The van der Waals surface area contributed by atoms with Gasteiger partial charge in [-0.05, 0) is 12.3 Å². The van der Waals surface area contributed by atoms with E-state index in [9.17, 15) is 0 Å². The van der Waals surface area contributed by atoms with E-state index < -0.39 is 0 Å². The van der Waals surface area contributed by atoms with Gasteiger partial charge in [-0.2, -0.15) is 5.10 Å². The van der Waals surface area contributed by atoms with Crippen molar-refractivity contribution in [2.45, 2.75) is 52.2 Å². The summed E-state index contributed by atoms with van der Waals surface area (Å²) in [6.07, 6.45) is 4.27. The number of aryl methyl sites for hydroxylation is 2. The number of hydrogen-bond acceptors (Lipinski definition) is 4. The second kappa shape index (κ2) is 7.25. The highest BCUT2D eigenvalue weighted by molar-refractivity contribution is 5.79. The fourth-order valence-corrected chi connectivity index (χ4v) is 3.38. The van der Waals surface area contributed by atoms with E-state index in [0.717, 1.165) is 49.2 Å². The SMILES string of the molecule is CN=C(NCc1nnc2n1CCC2)N(C)Cc1cn(C)nc1C(C)C. The molecule has 8 nitrogen and oxygen atoms in total. The lowest BCUT2D eigenvalue weighted by Crippen LogP contribution is -2.38. The highest BCUT2D eigenvalue weighted by Gasteiger charge is 2.18. The van der Waals surface area contributed by atoms with Crippen LogP contribution in [0.1, 0.15) is 49.1 Å². The largest absolute Gasteiger partial charge is 0.349 e. The molecule has 0 amide bonds. The molecule has 25 heavy (non-hydrogen) atoms. The van der Waals surface area contributed by atoms with Gasteiger partial charge in [-0.15, -0.1) is 10.2 Å². The Bertz CT molecular complexity index is 755. The number of hydrogen-bond donors (Lipinski definition) is 1. The Balaban J connectivity index is 1.64. The van der Waals surface area contributed by atoms with E-state index in [2.05, 4.69) is 55.1 Å². The highest BCUT2D eigenvalue weighted by atomic mass is 15.3. The van der Waals surface area contributed by atoms with Crippen molar-refractivity contribution in [1.29, 1.82) is 0 Å². The summed E-state index contributed by atoms with van der Waals surface area (Å²) in [4.78, 5) is 6.52. The van der Waals surface area contributed by atoms with Crippen molar-refractivity contribution in [3.8, 4) is 0 Å². The summed E-state index contributed by atoms with van der Waals surface area (Å²) in [5.74, 6) is 3.32. The number of guanidine groups is 1. The van der Waals surface area contributed by atoms with Gasteiger partial charge < -0.3 is 14.8 Å². The molecule has 0 aliphatic carbocycles. The molecule has 0 radical (unpaired) electrons. The van der Waals surface area contributed by atoms with Crippen LogP contribution >= 0.6 is 0 Å². The van der Waals surface area contributed by atoms with Gasteiger partial charge in [-0.1, -0.05) is 13.8 Å². The summed E-state index contributed by atoms with van der Waals surface area (Å²) in [6.45, 7) is 6.75. The van der Waals surface area contributed by atoms with Crippen LogP contribution in [0.25, 0.3) is 0 Å². The van der Waals surface area contributed by atoms with Gasteiger partial charge in [0.05, 0.1) is 12.2 Å². The number of nitrogens with zero attached hydrogens (tertiary/aromatic N) is 7. The minimum Gasteiger partial charge on any atom is -0.349 e. The van der Waals surface area contributed by atoms with E-state index in [4.69, 9.17) is 0 Å². The van der Waals surface area contributed by atoms with E-state index in [1.54, 1.807) is 7.05 Å². The van der Waals surface area contributed by atoms with Crippen LogP contribution in [0.3, 0.4) is 0 Å². The van der Waals surface area contributed by atoms with Crippen LogP contribution in [0.5, 0.6) is 0 Å². The standard InChI is InChI=1S/C17H28N8/c1-12(2)16-13(11-24(5)22-16)10-23(4)17(18-3)19-9-15-21-20-14-7-6-8-25(14)15/h11-12H,6-10H2,1-5H3,(H,18,19). The molecule has 2 aromatic heterocycles. The number of aliphatic imine (C=N–C) groups is 1. The number of fused-ring (bicyclic) bond motifs is 1. The van der Waals surface area contributed by atoms with Gasteiger partial charge in [0.1, 0.15) is 5.82 Å². The molecule has 136 valence electrons. The third-order valence-corrected chi connectivity index (χ3v) is 4.56. The van der Waals surface area contributed by atoms with Crippen molar-refractivity contribution in [1.82, 2.24) is 34.8 Å². The topological polar surface area (TPSA) is 76.2 Å². The first kappa shape index (κ1) is 17.4. The first-order valence-corrected chi connectivity index (χ1v) is 8.84. The molecule has 1 aliphatic rings. The lowest BCUT2D eigenvalue weighted by Gasteiger charge is -2.22. The van der Waals surface area contributed by atoms with Crippen LogP contribution in [-0.4, -0.2) is 49.5 Å². The zero-order valence-corrected chi connectivity index (χ0v) is 15.8. The molecular weight excluding hydrogens is 316 g/mol. The third-order valence-electron chi connectivity index (χ3n) is 4.56. The molecule has 0 saturated carbocycles. The van der Waals surface area contributed by atoms with Crippen molar-refractivity contribution in [3.05, 3.63) is 29.1 Å². The highest BCUT2D eigenvalue weighted by Crippen LogP contribution is 2.18. The zero-order chi connectivity index (χ0) is 18.0. The average molecular weight is 344 g/mol. The molecule has 3 heterocycles. The Morgan fingerprint density at radius 1 is 1.40 bits per heavy atom. The van der Waals surface area contributed by atoms with Crippen molar-refractivity contribution < 1.29 is 0 Å². The normalized spacial score (nSPS) is 14.2. The van der Waals surface area contributed by atoms with Crippen molar-refractivity contribution in [2.75, 3.05) is 14.1 Å². The van der Waals surface area contributed by atoms with E-state index in [0.29, 0.717) is 12.5 Å². The number of nitrogens with one attached hydrogen (secondary N) is 1. The Hall–Kier alpha value is -2.38. The van der Waals surface area contributed by atoms with Gasteiger partial charge in [0.2, 0.25) is 0 Å².